The smallest absolute Gasteiger partial charge is 0.255 e. The fraction of sp³-hybridized carbons (Fsp3) is 0.133. The Morgan fingerprint density at radius 2 is 1.95 bits per heavy atom. The van der Waals surface area contributed by atoms with Gasteiger partial charge in [-0.25, -0.2) is 0 Å². The molecule has 19 heavy (non-hydrogen) atoms. The molecule has 4 heteroatoms. The molecule has 0 unspecified atom stereocenters. The Bertz CT molecular complexity index is 640. The standard InChI is InChI=1S/C15H13BrClNO/c1-9-4-3-5-14(10(9)2)18-15(19)11-6-7-12(16)13(17)8-11/h3-8H,1-2H3,(H,18,19). The number of hydrogen-bond acceptors (Lipinski definition) is 1. The number of nitrogens with one attached hydrogen (secondary N) is 1. The maximum Gasteiger partial charge on any atom is 0.255 e. The lowest BCUT2D eigenvalue weighted by Crippen LogP contribution is -2.13. The normalized spacial score (nSPS) is 10.3. The molecule has 2 rings (SSSR count). The van der Waals surface area contributed by atoms with Crippen LogP contribution in [0, 0.1) is 13.8 Å². The van der Waals surface area contributed by atoms with Crippen molar-refractivity contribution >= 4 is 39.1 Å². The summed E-state index contributed by atoms with van der Waals surface area (Å²) < 4.78 is 0.775. The Morgan fingerprint density at radius 1 is 1.21 bits per heavy atom. The van der Waals surface area contributed by atoms with Crippen LogP contribution < -0.4 is 5.32 Å². The summed E-state index contributed by atoms with van der Waals surface area (Å²) in [5, 5.41) is 3.42. The molecule has 0 fully saturated rings. The largest absolute Gasteiger partial charge is 0.322 e. The summed E-state index contributed by atoms with van der Waals surface area (Å²) in [5.74, 6) is -0.164. The minimum atomic E-state index is -0.164. The van der Waals surface area contributed by atoms with E-state index in [-0.39, 0.29) is 5.91 Å². The van der Waals surface area contributed by atoms with Crippen LogP contribution in [0.3, 0.4) is 0 Å². The summed E-state index contributed by atoms with van der Waals surface area (Å²) in [7, 11) is 0. The zero-order valence-corrected chi connectivity index (χ0v) is 13.0. The van der Waals surface area contributed by atoms with Crippen molar-refractivity contribution in [1.82, 2.24) is 0 Å². The fourth-order valence-electron chi connectivity index (χ4n) is 1.72. The zero-order chi connectivity index (χ0) is 14.0. The van der Waals surface area contributed by atoms with Gasteiger partial charge in [-0.3, -0.25) is 4.79 Å². The Hall–Kier alpha value is -1.32. The monoisotopic (exact) mass is 337 g/mol. The summed E-state index contributed by atoms with van der Waals surface area (Å²) >= 11 is 9.29. The third kappa shape index (κ3) is 3.17. The number of anilines is 1. The van der Waals surface area contributed by atoms with Crippen LogP contribution in [0.4, 0.5) is 5.69 Å². The molecular formula is C15H13BrClNO. The fourth-order valence-corrected chi connectivity index (χ4v) is 2.15. The molecule has 2 aromatic rings. The predicted molar refractivity (Wildman–Crippen MR) is 83.0 cm³/mol. The molecule has 0 atom stereocenters. The Kier molecular flexibility index (Phi) is 4.27. The van der Waals surface area contributed by atoms with E-state index in [2.05, 4.69) is 21.2 Å². The summed E-state index contributed by atoms with van der Waals surface area (Å²) in [4.78, 5) is 12.2. The Labute approximate surface area is 125 Å². The molecule has 0 heterocycles. The highest BCUT2D eigenvalue weighted by Crippen LogP contribution is 2.24. The van der Waals surface area contributed by atoms with Gasteiger partial charge in [0.1, 0.15) is 0 Å². The summed E-state index contributed by atoms with van der Waals surface area (Å²) in [6, 6.07) is 11.0. The number of hydrogen-bond donors (Lipinski definition) is 1. The quantitative estimate of drug-likeness (QED) is 0.823. The second-order valence-corrected chi connectivity index (χ2v) is 5.59. The van der Waals surface area contributed by atoms with Crippen molar-refractivity contribution in [2.45, 2.75) is 13.8 Å². The van der Waals surface area contributed by atoms with Gasteiger partial charge in [-0.15, -0.1) is 0 Å². The van der Waals surface area contributed by atoms with E-state index in [1.54, 1.807) is 18.2 Å². The molecule has 0 radical (unpaired) electrons. The van der Waals surface area contributed by atoms with Crippen molar-refractivity contribution in [1.29, 1.82) is 0 Å². The number of carbonyl (C=O) groups is 1. The van der Waals surface area contributed by atoms with Crippen molar-refractivity contribution in [2.24, 2.45) is 0 Å². The van der Waals surface area contributed by atoms with Crippen molar-refractivity contribution in [2.75, 3.05) is 5.32 Å². The van der Waals surface area contributed by atoms with E-state index in [4.69, 9.17) is 11.6 Å². The first-order chi connectivity index (χ1) is 8.99. The Balaban J connectivity index is 2.26. The van der Waals surface area contributed by atoms with Gasteiger partial charge >= 0.3 is 0 Å². The van der Waals surface area contributed by atoms with Crippen LogP contribution >= 0.6 is 27.5 Å². The molecule has 1 amide bonds. The summed E-state index contributed by atoms with van der Waals surface area (Å²) in [6.45, 7) is 4.00. The van der Waals surface area contributed by atoms with Gasteiger partial charge in [0, 0.05) is 15.7 Å². The molecule has 0 saturated carbocycles. The third-order valence-electron chi connectivity index (χ3n) is 3.03. The maximum atomic E-state index is 12.2. The lowest BCUT2D eigenvalue weighted by Gasteiger charge is -2.10. The first-order valence-electron chi connectivity index (χ1n) is 5.81. The highest BCUT2D eigenvalue weighted by atomic mass is 79.9. The second-order valence-electron chi connectivity index (χ2n) is 4.33. The van der Waals surface area contributed by atoms with Crippen molar-refractivity contribution in [3.63, 3.8) is 0 Å². The molecule has 98 valence electrons. The molecular weight excluding hydrogens is 326 g/mol. The number of benzene rings is 2. The van der Waals surface area contributed by atoms with Crippen LogP contribution in [-0.2, 0) is 0 Å². The van der Waals surface area contributed by atoms with E-state index >= 15 is 0 Å². The van der Waals surface area contributed by atoms with Crippen molar-refractivity contribution in [3.05, 3.63) is 62.6 Å². The number of carbonyl (C=O) groups excluding carboxylic acids is 1. The molecule has 0 saturated heterocycles. The number of halogens is 2. The van der Waals surface area contributed by atoms with Crippen LogP contribution in [-0.4, -0.2) is 5.91 Å². The predicted octanol–water partition coefficient (Wildman–Crippen LogP) is 4.97. The summed E-state index contributed by atoms with van der Waals surface area (Å²) in [5.41, 5.74) is 3.57. The van der Waals surface area contributed by atoms with Gasteiger partial charge < -0.3 is 5.32 Å². The van der Waals surface area contributed by atoms with Gasteiger partial charge in [0.15, 0.2) is 0 Å². The van der Waals surface area contributed by atoms with E-state index in [9.17, 15) is 4.79 Å². The molecule has 0 spiro atoms. The summed E-state index contributed by atoms with van der Waals surface area (Å²) in [6.07, 6.45) is 0. The topological polar surface area (TPSA) is 29.1 Å². The molecule has 0 aliphatic rings. The first-order valence-corrected chi connectivity index (χ1v) is 6.99. The molecule has 2 aromatic carbocycles. The lowest BCUT2D eigenvalue weighted by atomic mass is 10.1. The molecule has 2 nitrogen and oxygen atoms in total. The van der Waals surface area contributed by atoms with E-state index in [1.165, 1.54) is 0 Å². The first kappa shape index (κ1) is 14.1. The second kappa shape index (κ2) is 5.76. The zero-order valence-electron chi connectivity index (χ0n) is 10.6. The van der Waals surface area contributed by atoms with Gasteiger partial charge in [0.25, 0.3) is 5.91 Å². The number of aryl methyl sites for hydroxylation is 1. The highest BCUT2D eigenvalue weighted by molar-refractivity contribution is 9.10. The molecule has 0 aromatic heterocycles. The minimum absolute atomic E-state index is 0.164. The number of amides is 1. The van der Waals surface area contributed by atoms with Gasteiger partial charge in [0.05, 0.1) is 5.02 Å². The van der Waals surface area contributed by atoms with Crippen LogP contribution in [0.5, 0.6) is 0 Å². The van der Waals surface area contributed by atoms with E-state index in [0.717, 1.165) is 21.3 Å². The van der Waals surface area contributed by atoms with E-state index < -0.39 is 0 Å². The van der Waals surface area contributed by atoms with Gasteiger partial charge in [-0.1, -0.05) is 23.7 Å². The van der Waals surface area contributed by atoms with Crippen LogP contribution in [0.2, 0.25) is 5.02 Å². The highest BCUT2D eigenvalue weighted by Gasteiger charge is 2.10. The molecule has 0 bridgehead atoms. The Morgan fingerprint density at radius 3 is 2.63 bits per heavy atom. The minimum Gasteiger partial charge on any atom is -0.322 e. The van der Waals surface area contributed by atoms with Crippen molar-refractivity contribution < 1.29 is 4.79 Å². The third-order valence-corrected chi connectivity index (χ3v) is 4.27. The van der Waals surface area contributed by atoms with Crippen molar-refractivity contribution in [3.8, 4) is 0 Å². The SMILES string of the molecule is Cc1cccc(NC(=O)c2ccc(Br)c(Cl)c2)c1C. The lowest BCUT2D eigenvalue weighted by molar-refractivity contribution is 0.102. The van der Waals surface area contributed by atoms with E-state index in [0.29, 0.717) is 10.6 Å². The molecule has 1 N–H and O–H groups in total. The van der Waals surface area contributed by atoms with E-state index in [1.807, 2.05) is 32.0 Å². The average Bonchev–Trinajstić information content (AvgIpc) is 2.38. The maximum absolute atomic E-state index is 12.2. The molecule has 0 aliphatic carbocycles. The van der Waals surface area contributed by atoms with Gasteiger partial charge in [-0.05, 0) is 65.2 Å². The number of rotatable bonds is 2. The van der Waals surface area contributed by atoms with Gasteiger partial charge in [-0.2, -0.15) is 0 Å². The van der Waals surface area contributed by atoms with Gasteiger partial charge in [0.2, 0.25) is 0 Å². The van der Waals surface area contributed by atoms with Crippen LogP contribution in [0.15, 0.2) is 40.9 Å². The average molecular weight is 339 g/mol. The molecule has 0 aliphatic heterocycles. The van der Waals surface area contributed by atoms with Crippen LogP contribution in [0.25, 0.3) is 0 Å². The van der Waals surface area contributed by atoms with Crippen LogP contribution in [0.1, 0.15) is 21.5 Å².